The van der Waals surface area contributed by atoms with Crippen molar-refractivity contribution in [2.24, 2.45) is 0 Å². The van der Waals surface area contributed by atoms with Crippen molar-refractivity contribution in [3.05, 3.63) is 108 Å². The van der Waals surface area contributed by atoms with Gasteiger partial charge < -0.3 is 15.0 Å². The molecule has 7 heteroatoms. The lowest BCUT2D eigenvalue weighted by Crippen LogP contribution is -2.48. The van der Waals surface area contributed by atoms with Gasteiger partial charge in [-0.1, -0.05) is 60.7 Å². The molecule has 184 valence electrons. The van der Waals surface area contributed by atoms with Gasteiger partial charge in [0, 0.05) is 18.2 Å². The van der Waals surface area contributed by atoms with E-state index in [4.69, 9.17) is 4.74 Å². The van der Waals surface area contributed by atoms with Crippen LogP contribution in [0.1, 0.15) is 34.5 Å². The first-order chi connectivity index (χ1) is 17.3. The lowest BCUT2D eigenvalue weighted by molar-refractivity contribution is -0.137. The zero-order chi connectivity index (χ0) is 25.3. The average molecular weight is 491 g/mol. The molecule has 1 aliphatic rings. The molecule has 0 radical (unpaired) electrons. The van der Waals surface area contributed by atoms with Crippen LogP contribution in [0.25, 0.3) is 10.8 Å². The van der Waals surface area contributed by atoms with Gasteiger partial charge in [0.25, 0.3) is 5.91 Å². The Kier molecular flexibility index (Phi) is 6.41. The molecule has 1 amide bonds. The van der Waals surface area contributed by atoms with E-state index in [-0.39, 0.29) is 24.3 Å². The van der Waals surface area contributed by atoms with Crippen LogP contribution in [0.4, 0.5) is 18.9 Å². The number of carbonyl (C=O) groups excluding carboxylic acids is 1. The van der Waals surface area contributed by atoms with Gasteiger partial charge in [0.1, 0.15) is 11.9 Å². The van der Waals surface area contributed by atoms with Crippen molar-refractivity contribution in [3.8, 4) is 5.75 Å². The lowest BCUT2D eigenvalue weighted by atomic mass is 9.99. The lowest BCUT2D eigenvalue weighted by Gasteiger charge is -2.35. The third kappa shape index (κ3) is 4.79. The number of ether oxygens (including phenoxy) is 1. The summed E-state index contributed by atoms with van der Waals surface area (Å²) < 4.78 is 45.9. The molecule has 4 aromatic rings. The molecule has 1 unspecified atom stereocenters. The van der Waals surface area contributed by atoms with Crippen LogP contribution >= 0.6 is 0 Å². The fourth-order valence-corrected chi connectivity index (χ4v) is 4.63. The number of rotatable bonds is 5. The van der Waals surface area contributed by atoms with Crippen molar-refractivity contribution < 1.29 is 22.7 Å². The molecule has 0 bridgehead atoms. The minimum Gasteiger partial charge on any atom is -0.485 e. The highest BCUT2D eigenvalue weighted by Crippen LogP contribution is 2.35. The summed E-state index contributed by atoms with van der Waals surface area (Å²) in [5.41, 5.74) is 0.828. The van der Waals surface area contributed by atoms with E-state index >= 15 is 0 Å². The molecule has 36 heavy (non-hydrogen) atoms. The number of hydrogen-bond donors (Lipinski definition) is 1. The van der Waals surface area contributed by atoms with Gasteiger partial charge in [-0.3, -0.25) is 4.79 Å². The number of carbonyl (C=O) groups is 1. The first-order valence-corrected chi connectivity index (χ1v) is 11.8. The van der Waals surface area contributed by atoms with Gasteiger partial charge >= 0.3 is 6.18 Å². The Bertz CT molecular complexity index is 1400. The van der Waals surface area contributed by atoms with Gasteiger partial charge in [-0.2, -0.15) is 13.2 Å². The van der Waals surface area contributed by atoms with Crippen molar-refractivity contribution in [2.75, 3.05) is 18.0 Å². The van der Waals surface area contributed by atoms with Gasteiger partial charge in [-0.25, -0.2) is 0 Å². The van der Waals surface area contributed by atoms with Crippen LogP contribution in [-0.4, -0.2) is 25.1 Å². The van der Waals surface area contributed by atoms with Crippen molar-refractivity contribution in [1.29, 1.82) is 0 Å². The van der Waals surface area contributed by atoms with Gasteiger partial charge in [-0.05, 0) is 53.6 Å². The third-order valence-corrected chi connectivity index (χ3v) is 6.46. The van der Waals surface area contributed by atoms with E-state index in [9.17, 15) is 18.0 Å². The van der Waals surface area contributed by atoms with Gasteiger partial charge in [0.05, 0.1) is 17.8 Å². The second-order valence-electron chi connectivity index (χ2n) is 8.90. The molecular weight excluding hydrogens is 465 g/mol. The maximum atomic E-state index is 13.4. The summed E-state index contributed by atoms with van der Waals surface area (Å²) in [4.78, 5) is 14.9. The molecule has 0 aliphatic carbocycles. The fraction of sp³-hybridized carbons (Fsp3) is 0.207. The summed E-state index contributed by atoms with van der Waals surface area (Å²) in [6, 6.07) is 26.0. The van der Waals surface area contributed by atoms with Crippen LogP contribution in [0.2, 0.25) is 0 Å². The van der Waals surface area contributed by atoms with Crippen molar-refractivity contribution in [1.82, 2.24) is 5.32 Å². The smallest absolute Gasteiger partial charge is 0.416 e. The SMILES string of the molecule is C[C@@H](NCC1CN(C(=O)c2cccc(C(F)(F)F)c2)c2ccccc2O1)c1cccc2ccccc12. The number of hydrogen-bond acceptors (Lipinski definition) is 3. The largest absolute Gasteiger partial charge is 0.485 e. The van der Waals surface area contributed by atoms with Crippen LogP contribution in [0.15, 0.2) is 91.0 Å². The van der Waals surface area contributed by atoms with Crippen LogP contribution in [-0.2, 0) is 6.18 Å². The maximum absolute atomic E-state index is 13.4. The quantitative estimate of drug-likeness (QED) is 0.342. The Labute approximate surface area is 207 Å². The van der Waals surface area contributed by atoms with E-state index < -0.39 is 17.6 Å². The second kappa shape index (κ2) is 9.66. The topological polar surface area (TPSA) is 41.6 Å². The molecule has 0 saturated heterocycles. The van der Waals surface area contributed by atoms with Crippen molar-refractivity contribution >= 4 is 22.4 Å². The van der Waals surface area contributed by atoms with E-state index in [0.29, 0.717) is 18.0 Å². The zero-order valence-corrected chi connectivity index (χ0v) is 19.6. The normalized spacial score (nSPS) is 16.3. The Morgan fingerprint density at radius 3 is 2.56 bits per heavy atom. The summed E-state index contributed by atoms with van der Waals surface area (Å²) >= 11 is 0. The Morgan fingerprint density at radius 1 is 1.00 bits per heavy atom. The third-order valence-electron chi connectivity index (χ3n) is 6.46. The molecule has 1 heterocycles. The molecule has 0 spiro atoms. The minimum absolute atomic E-state index is 0.0163. The molecule has 1 aliphatic heterocycles. The van der Waals surface area contributed by atoms with Crippen LogP contribution < -0.4 is 15.0 Å². The highest BCUT2D eigenvalue weighted by atomic mass is 19.4. The number of fused-ring (bicyclic) bond motifs is 2. The molecule has 4 nitrogen and oxygen atoms in total. The number of nitrogens with one attached hydrogen (secondary N) is 1. The predicted octanol–water partition coefficient (Wildman–Crippen LogP) is 6.62. The van der Waals surface area contributed by atoms with Gasteiger partial charge in [0.2, 0.25) is 0 Å². The number of nitrogens with zero attached hydrogens (tertiary/aromatic N) is 1. The van der Waals surface area contributed by atoms with Crippen molar-refractivity contribution in [2.45, 2.75) is 25.2 Å². The van der Waals surface area contributed by atoms with Crippen molar-refractivity contribution in [3.63, 3.8) is 0 Å². The molecular formula is C29H25F3N2O2. The Hall–Kier alpha value is -3.84. The first kappa shape index (κ1) is 23.9. The molecule has 1 N–H and O–H groups in total. The molecule has 4 aromatic carbocycles. The predicted molar refractivity (Wildman–Crippen MR) is 134 cm³/mol. The van der Waals surface area contributed by atoms with E-state index in [2.05, 4.69) is 36.5 Å². The maximum Gasteiger partial charge on any atom is 0.416 e. The standard InChI is InChI=1S/C29H25F3N2O2/c1-19(24-13-7-9-20-8-2-3-12-25(20)24)33-17-23-18-34(26-14-4-5-15-27(26)36-23)28(35)21-10-6-11-22(16-21)29(30,31)32/h2-16,19,23,33H,17-18H2,1H3/t19-,23?/m1/s1. The van der Waals surface area contributed by atoms with Crippen LogP contribution in [0, 0.1) is 0 Å². The van der Waals surface area contributed by atoms with E-state index in [1.165, 1.54) is 17.0 Å². The monoisotopic (exact) mass is 490 g/mol. The molecule has 5 rings (SSSR count). The minimum atomic E-state index is -4.52. The molecule has 0 fully saturated rings. The number of para-hydroxylation sites is 2. The molecule has 2 atom stereocenters. The highest BCUT2D eigenvalue weighted by Gasteiger charge is 2.34. The number of alkyl halides is 3. The van der Waals surface area contributed by atoms with Crippen LogP contribution in [0.3, 0.4) is 0 Å². The number of anilines is 1. The van der Waals surface area contributed by atoms with Gasteiger partial charge in [-0.15, -0.1) is 0 Å². The number of halogens is 3. The Morgan fingerprint density at radius 2 is 1.72 bits per heavy atom. The first-order valence-electron chi connectivity index (χ1n) is 11.8. The summed E-state index contributed by atoms with van der Waals surface area (Å²) in [5, 5.41) is 5.83. The zero-order valence-electron chi connectivity index (χ0n) is 19.6. The van der Waals surface area contributed by atoms with E-state index in [1.807, 2.05) is 18.2 Å². The number of benzene rings is 4. The van der Waals surface area contributed by atoms with E-state index in [0.717, 1.165) is 28.5 Å². The summed E-state index contributed by atoms with van der Waals surface area (Å²) in [5.74, 6) is 0.0256. The second-order valence-corrected chi connectivity index (χ2v) is 8.90. The van der Waals surface area contributed by atoms with Gasteiger partial charge in [0.15, 0.2) is 0 Å². The summed E-state index contributed by atoms with van der Waals surface area (Å²) in [6.45, 7) is 2.73. The fourth-order valence-electron chi connectivity index (χ4n) is 4.63. The molecule has 0 aromatic heterocycles. The van der Waals surface area contributed by atoms with Crippen LogP contribution in [0.5, 0.6) is 5.75 Å². The molecule has 0 saturated carbocycles. The summed E-state index contributed by atoms with van der Waals surface area (Å²) in [6.07, 6.45) is -4.91. The van der Waals surface area contributed by atoms with E-state index in [1.54, 1.807) is 24.3 Å². The Balaban J connectivity index is 1.36. The number of amides is 1. The highest BCUT2D eigenvalue weighted by molar-refractivity contribution is 6.07. The summed E-state index contributed by atoms with van der Waals surface area (Å²) in [7, 11) is 0. The average Bonchev–Trinajstić information content (AvgIpc) is 2.90.